The highest BCUT2D eigenvalue weighted by Crippen LogP contribution is 2.04. The maximum absolute atomic E-state index is 3.55. The van der Waals surface area contributed by atoms with Crippen molar-refractivity contribution in [1.29, 1.82) is 0 Å². The van der Waals surface area contributed by atoms with E-state index < -0.39 is 8.07 Å². The quantitative estimate of drug-likeness (QED) is 0.750. The lowest BCUT2D eigenvalue weighted by molar-refractivity contribution is 0.553. The third-order valence-electron chi connectivity index (χ3n) is 2.60. The first-order valence-electron chi connectivity index (χ1n) is 6.42. The van der Waals surface area contributed by atoms with Crippen molar-refractivity contribution in [3.63, 3.8) is 0 Å². The lowest BCUT2D eigenvalue weighted by Crippen LogP contribution is -2.25. The third kappa shape index (κ3) is 7.13. The highest BCUT2D eigenvalue weighted by Gasteiger charge is 2.07. The number of hydrogen-bond acceptors (Lipinski definition) is 1. The molecule has 1 rings (SSSR count). The Hall–Kier alpha value is -0.863. The molecule has 0 saturated heterocycles. The van der Waals surface area contributed by atoms with Crippen LogP contribution < -0.4 is 5.32 Å². The summed E-state index contributed by atoms with van der Waals surface area (Å²) in [5.74, 6) is 0. The summed E-state index contributed by atoms with van der Waals surface area (Å²) in [6.07, 6.45) is 3.46. The van der Waals surface area contributed by atoms with Crippen molar-refractivity contribution in [1.82, 2.24) is 5.32 Å². The van der Waals surface area contributed by atoms with Gasteiger partial charge in [0.25, 0.3) is 0 Å². The molecule has 1 atom stereocenters. The Morgan fingerprint density at radius 2 is 1.82 bits per heavy atom. The van der Waals surface area contributed by atoms with E-state index in [1.54, 1.807) is 0 Å². The Bertz CT molecular complexity index is 338. The first-order valence-corrected chi connectivity index (χ1v) is 10.00. The van der Waals surface area contributed by atoms with Crippen LogP contribution in [0.1, 0.15) is 18.9 Å². The Balaban J connectivity index is 2.26. The minimum Gasteiger partial charge on any atom is -0.310 e. The molecule has 0 heterocycles. The predicted molar refractivity (Wildman–Crippen MR) is 79.8 cm³/mol. The van der Waals surface area contributed by atoms with Crippen molar-refractivity contribution in [2.75, 3.05) is 0 Å². The average molecular weight is 247 g/mol. The Labute approximate surface area is 107 Å². The smallest absolute Gasteiger partial charge is 0.0682 e. The summed E-state index contributed by atoms with van der Waals surface area (Å²) >= 11 is 0. The van der Waals surface area contributed by atoms with E-state index in [-0.39, 0.29) is 0 Å². The molecular weight excluding hydrogens is 222 g/mol. The molecule has 17 heavy (non-hydrogen) atoms. The molecule has 0 fully saturated rings. The van der Waals surface area contributed by atoms with E-state index in [9.17, 15) is 0 Å². The predicted octanol–water partition coefficient (Wildman–Crippen LogP) is 3.99. The minimum absolute atomic E-state index is 0.544. The standard InChI is InChI=1S/C15H25NSi/c1-14(9-8-12-17(2,3)4)16-13-15-10-6-5-7-11-15/h5-8,10-12,14,16H,9,13H2,1-4H3/b12-8-. The number of nitrogens with one attached hydrogen (secondary N) is 1. The molecule has 1 nitrogen and oxygen atoms in total. The highest BCUT2D eigenvalue weighted by atomic mass is 28.3. The summed E-state index contributed by atoms with van der Waals surface area (Å²) < 4.78 is 0. The van der Waals surface area contributed by atoms with Gasteiger partial charge >= 0.3 is 0 Å². The van der Waals surface area contributed by atoms with Crippen molar-refractivity contribution in [2.24, 2.45) is 0 Å². The van der Waals surface area contributed by atoms with Crippen LogP contribution in [-0.4, -0.2) is 14.1 Å². The second-order valence-corrected chi connectivity index (χ2v) is 10.8. The van der Waals surface area contributed by atoms with E-state index in [2.05, 4.69) is 74.0 Å². The summed E-state index contributed by atoms with van der Waals surface area (Å²) in [5.41, 5.74) is 3.78. The molecule has 0 saturated carbocycles. The Kier molecular flexibility index (Phi) is 5.66. The lowest BCUT2D eigenvalue weighted by Gasteiger charge is -2.13. The molecule has 1 N–H and O–H groups in total. The van der Waals surface area contributed by atoms with Crippen LogP contribution >= 0.6 is 0 Å². The zero-order valence-electron chi connectivity index (χ0n) is 11.5. The van der Waals surface area contributed by atoms with Crippen LogP contribution in [0.15, 0.2) is 42.1 Å². The molecule has 0 radical (unpaired) electrons. The molecule has 1 unspecified atom stereocenters. The van der Waals surface area contributed by atoms with Gasteiger partial charge in [0.05, 0.1) is 8.07 Å². The Morgan fingerprint density at radius 1 is 1.18 bits per heavy atom. The summed E-state index contributed by atoms with van der Waals surface area (Å²) in [4.78, 5) is 0. The van der Waals surface area contributed by atoms with Gasteiger partial charge in [-0.25, -0.2) is 0 Å². The molecule has 1 aromatic rings. The monoisotopic (exact) mass is 247 g/mol. The van der Waals surface area contributed by atoms with Gasteiger partial charge in [-0.1, -0.05) is 61.7 Å². The molecule has 2 heteroatoms. The summed E-state index contributed by atoms with van der Waals surface area (Å²) in [7, 11) is -1.02. The first-order chi connectivity index (χ1) is 7.97. The van der Waals surface area contributed by atoms with Crippen molar-refractivity contribution < 1.29 is 0 Å². The summed E-state index contributed by atoms with van der Waals surface area (Å²) in [6.45, 7) is 10.3. The molecule has 0 aliphatic rings. The summed E-state index contributed by atoms with van der Waals surface area (Å²) in [5, 5.41) is 3.55. The fourth-order valence-electron chi connectivity index (χ4n) is 1.60. The fraction of sp³-hybridized carbons (Fsp3) is 0.467. The molecule has 0 spiro atoms. The minimum atomic E-state index is -1.02. The summed E-state index contributed by atoms with van der Waals surface area (Å²) in [6, 6.07) is 11.1. The third-order valence-corrected chi connectivity index (χ3v) is 3.84. The second-order valence-electron chi connectivity index (χ2n) is 5.77. The first kappa shape index (κ1) is 14.2. The van der Waals surface area contributed by atoms with Gasteiger partial charge in [-0.3, -0.25) is 0 Å². The molecule has 0 aliphatic carbocycles. The van der Waals surface area contributed by atoms with E-state index in [1.807, 2.05) is 0 Å². The van der Waals surface area contributed by atoms with Crippen LogP contribution in [0.4, 0.5) is 0 Å². The van der Waals surface area contributed by atoms with Crippen molar-refractivity contribution in [3.05, 3.63) is 47.7 Å². The van der Waals surface area contributed by atoms with Gasteiger partial charge in [0.1, 0.15) is 0 Å². The Morgan fingerprint density at radius 3 is 2.41 bits per heavy atom. The SMILES string of the molecule is CC(C/C=C\[Si](C)(C)C)NCc1ccccc1. The largest absolute Gasteiger partial charge is 0.310 e. The molecular formula is C15H25NSi. The van der Waals surface area contributed by atoms with E-state index in [0.29, 0.717) is 6.04 Å². The lowest BCUT2D eigenvalue weighted by atomic mass is 10.2. The average Bonchev–Trinajstić information content (AvgIpc) is 2.26. The van der Waals surface area contributed by atoms with E-state index >= 15 is 0 Å². The zero-order valence-corrected chi connectivity index (χ0v) is 12.5. The highest BCUT2D eigenvalue weighted by molar-refractivity contribution is 6.80. The van der Waals surface area contributed by atoms with Crippen LogP contribution in [-0.2, 0) is 6.54 Å². The fourth-order valence-corrected chi connectivity index (χ4v) is 2.44. The maximum Gasteiger partial charge on any atom is 0.0682 e. The van der Waals surface area contributed by atoms with E-state index in [4.69, 9.17) is 0 Å². The van der Waals surface area contributed by atoms with E-state index in [1.165, 1.54) is 5.56 Å². The molecule has 0 aliphatic heterocycles. The zero-order chi connectivity index (χ0) is 12.7. The van der Waals surface area contributed by atoms with Crippen LogP contribution in [0, 0.1) is 0 Å². The number of rotatable bonds is 6. The van der Waals surface area contributed by atoms with E-state index in [0.717, 1.165) is 13.0 Å². The molecule has 0 amide bonds. The van der Waals surface area contributed by atoms with Crippen LogP contribution in [0.2, 0.25) is 19.6 Å². The molecule has 0 bridgehead atoms. The van der Waals surface area contributed by atoms with Crippen LogP contribution in [0.3, 0.4) is 0 Å². The van der Waals surface area contributed by atoms with Gasteiger partial charge in [-0.2, -0.15) is 0 Å². The molecule has 0 aromatic heterocycles. The van der Waals surface area contributed by atoms with Gasteiger partial charge in [-0.05, 0) is 18.9 Å². The normalized spacial score (nSPS) is 14.1. The van der Waals surface area contributed by atoms with Gasteiger partial charge < -0.3 is 5.32 Å². The van der Waals surface area contributed by atoms with Crippen molar-refractivity contribution in [2.45, 2.75) is 45.6 Å². The van der Waals surface area contributed by atoms with Gasteiger partial charge in [0.2, 0.25) is 0 Å². The number of hydrogen-bond donors (Lipinski definition) is 1. The molecule has 94 valence electrons. The van der Waals surface area contributed by atoms with Crippen molar-refractivity contribution >= 4 is 8.07 Å². The second kappa shape index (κ2) is 6.77. The van der Waals surface area contributed by atoms with Crippen molar-refractivity contribution in [3.8, 4) is 0 Å². The van der Waals surface area contributed by atoms with Gasteiger partial charge in [-0.15, -0.1) is 0 Å². The topological polar surface area (TPSA) is 12.0 Å². The maximum atomic E-state index is 3.55. The van der Waals surface area contributed by atoms with Crippen LogP contribution in [0.25, 0.3) is 0 Å². The van der Waals surface area contributed by atoms with Gasteiger partial charge in [0.15, 0.2) is 0 Å². The van der Waals surface area contributed by atoms with Crippen LogP contribution in [0.5, 0.6) is 0 Å². The van der Waals surface area contributed by atoms with Gasteiger partial charge in [0, 0.05) is 12.6 Å². The number of benzene rings is 1. The molecule has 1 aromatic carbocycles.